The lowest BCUT2D eigenvalue weighted by Gasteiger charge is -2.03. The van der Waals surface area contributed by atoms with Crippen molar-refractivity contribution in [3.63, 3.8) is 0 Å². The van der Waals surface area contributed by atoms with Crippen LogP contribution < -0.4 is 5.73 Å². The maximum absolute atomic E-state index is 14.0. The molecule has 0 spiro atoms. The first-order valence-electron chi connectivity index (χ1n) is 5.63. The molecular weight excluding hydrogens is 231 g/mol. The molecule has 5 heteroatoms. The average molecular weight is 244 g/mol. The highest BCUT2D eigenvalue weighted by atomic mass is 19.1. The summed E-state index contributed by atoms with van der Waals surface area (Å²) in [5.41, 5.74) is 8.94. The maximum Gasteiger partial charge on any atom is 0.147 e. The SMILES string of the molecule is Cc1c[nH]c2c(F)cc(-c3cnn(C)c3N)cc12. The lowest BCUT2D eigenvalue weighted by molar-refractivity contribution is 0.638. The Morgan fingerprint density at radius 1 is 1.39 bits per heavy atom. The highest BCUT2D eigenvalue weighted by molar-refractivity contribution is 5.89. The van der Waals surface area contributed by atoms with Crippen LogP contribution in [0.5, 0.6) is 0 Å². The van der Waals surface area contributed by atoms with Crippen LogP contribution in [-0.2, 0) is 7.05 Å². The third-order valence-corrected chi connectivity index (χ3v) is 3.24. The second-order valence-electron chi connectivity index (χ2n) is 4.42. The zero-order chi connectivity index (χ0) is 12.9. The monoisotopic (exact) mass is 244 g/mol. The topological polar surface area (TPSA) is 59.6 Å². The molecule has 2 aromatic heterocycles. The van der Waals surface area contributed by atoms with Gasteiger partial charge in [0.25, 0.3) is 0 Å². The van der Waals surface area contributed by atoms with E-state index in [9.17, 15) is 4.39 Å². The zero-order valence-electron chi connectivity index (χ0n) is 10.2. The number of nitrogens with one attached hydrogen (secondary N) is 1. The number of H-pyrrole nitrogens is 1. The molecule has 4 nitrogen and oxygen atoms in total. The number of nitrogen functional groups attached to an aromatic ring is 1. The van der Waals surface area contributed by atoms with Gasteiger partial charge in [0.1, 0.15) is 11.6 Å². The van der Waals surface area contributed by atoms with E-state index in [2.05, 4.69) is 10.1 Å². The number of nitrogens with two attached hydrogens (primary N) is 1. The summed E-state index contributed by atoms with van der Waals surface area (Å²) in [6.07, 6.45) is 3.45. The second kappa shape index (κ2) is 3.60. The molecule has 0 bridgehead atoms. The molecule has 0 saturated carbocycles. The Morgan fingerprint density at radius 2 is 2.17 bits per heavy atom. The van der Waals surface area contributed by atoms with Crippen LogP contribution >= 0.6 is 0 Å². The fraction of sp³-hybridized carbons (Fsp3) is 0.154. The van der Waals surface area contributed by atoms with Crippen molar-refractivity contribution in [2.75, 3.05) is 5.73 Å². The first-order chi connectivity index (χ1) is 8.58. The van der Waals surface area contributed by atoms with Crippen molar-refractivity contribution in [2.45, 2.75) is 6.92 Å². The number of rotatable bonds is 1. The van der Waals surface area contributed by atoms with Crippen LogP contribution in [0.3, 0.4) is 0 Å². The summed E-state index contributed by atoms with van der Waals surface area (Å²) >= 11 is 0. The van der Waals surface area contributed by atoms with Gasteiger partial charge in [-0.15, -0.1) is 0 Å². The van der Waals surface area contributed by atoms with Gasteiger partial charge in [-0.05, 0) is 30.2 Å². The van der Waals surface area contributed by atoms with E-state index in [1.165, 1.54) is 6.07 Å². The van der Waals surface area contributed by atoms with E-state index in [0.29, 0.717) is 11.3 Å². The minimum absolute atomic E-state index is 0.279. The number of nitrogens with zero attached hydrogens (tertiary/aromatic N) is 2. The molecule has 0 atom stereocenters. The minimum Gasteiger partial charge on any atom is -0.383 e. The van der Waals surface area contributed by atoms with Crippen LogP contribution in [0.2, 0.25) is 0 Å². The normalized spacial score (nSPS) is 11.3. The molecule has 0 aliphatic carbocycles. The van der Waals surface area contributed by atoms with E-state index in [4.69, 9.17) is 5.73 Å². The number of hydrogen-bond acceptors (Lipinski definition) is 2. The van der Waals surface area contributed by atoms with Crippen molar-refractivity contribution in [3.8, 4) is 11.1 Å². The summed E-state index contributed by atoms with van der Waals surface area (Å²) in [4.78, 5) is 2.93. The second-order valence-corrected chi connectivity index (χ2v) is 4.42. The predicted molar refractivity (Wildman–Crippen MR) is 69.6 cm³/mol. The van der Waals surface area contributed by atoms with Crippen molar-refractivity contribution in [2.24, 2.45) is 7.05 Å². The summed E-state index contributed by atoms with van der Waals surface area (Å²) in [6, 6.07) is 3.41. The van der Waals surface area contributed by atoms with Crippen LogP contribution in [0.25, 0.3) is 22.0 Å². The van der Waals surface area contributed by atoms with Gasteiger partial charge in [-0.3, -0.25) is 4.68 Å². The van der Waals surface area contributed by atoms with Crippen LogP contribution in [0, 0.1) is 12.7 Å². The maximum atomic E-state index is 14.0. The fourth-order valence-electron chi connectivity index (χ4n) is 2.15. The molecule has 1 aromatic carbocycles. The lowest BCUT2D eigenvalue weighted by atomic mass is 10.0. The van der Waals surface area contributed by atoms with Crippen LogP contribution in [0.4, 0.5) is 10.2 Å². The Morgan fingerprint density at radius 3 is 2.83 bits per heavy atom. The Bertz CT molecular complexity index is 739. The van der Waals surface area contributed by atoms with Gasteiger partial charge in [0.2, 0.25) is 0 Å². The Balaban J connectivity index is 2.30. The number of fused-ring (bicyclic) bond motifs is 1. The molecule has 3 aromatic rings. The van der Waals surface area contributed by atoms with Gasteiger partial charge in [-0.2, -0.15) is 5.10 Å². The van der Waals surface area contributed by atoms with Crippen molar-refractivity contribution in [1.29, 1.82) is 0 Å². The Kier molecular flexibility index (Phi) is 2.16. The molecule has 0 saturated heterocycles. The third kappa shape index (κ3) is 1.40. The summed E-state index contributed by atoms with van der Waals surface area (Å²) in [6.45, 7) is 1.94. The number of aromatic nitrogens is 3. The predicted octanol–water partition coefficient (Wildman–Crippen LogP) is 2.60. The van der Waals surface area contributed by atoms with E-state index in [-0.39, 0.29) is 5.82 Å². The number of anilines is 1. The molecule has 0 radical (unpaired) electrons. The van der Waals surface area contributed by atoms with E-state index in [0.717, 1.165) is 22.1 Å². The van der Waals surface area contributed by atoms with Gasteiger partial charge in [0.15, 0.2) is 0 Å². The third-order valence-electron chi connectivity index (χ3n) is 3.24. The standard InChI is InChI=1S/C13H13FN4/c1-7-5-16-12-9(7)3-8(4-11(12)14)10-6-17-18(2)13(10)15/h3-6,16H,15H2,1-2H3. The summed E-state index contributed by atoms with van der Waals surface area (Å²) in [7, 11) is 1.76. The van der Waals surface area contributed by atoms with Gasteiger partial charge >= 0.3 is 0 Å². The fourth-order valence-corrected chi connectivity index (χ4v) is 2.15. The van der Waals surface area contributed by atoms with Gasteiger partial charge in [0, 0.05) is 24.2 Å². The lowest BCUT2D eigenvalue weighted by Crippen LogP contribution is -1.98. The first kappa shape index (κ1) is 10.8. The van der Waals surface area contributed by atoms with E-state index >= 15 is 0 Å². The quantitative estimate of drug-likeness (QED) is 0.691. The smallest absolute Gasteiger partial charge is 0.147 e. The molecular formula is C13H13FN4. The largest absolute Gasteiger partial charge is 0.383 e. The van der Waals surface area contributed by atoms with E-state index < -0.39 is 0 Å². The minimum atomic E-state index is -0.279. The molecule has 2 heterocycles. The first-order valence-corrected chi connectivity index (χ1v) is 5.63. The molecule has 3 rings (SSSR count). The van der Waals surface area contributed by atoms with Gasteiger partial charge in [0.05, 0.1) is 11.7 Å². The number of halogens is 1. The van der Waals surface area contributed by atoms with Crippen LogP contribution in [0.1, 0.15) is 5.56 Å². The van der Waals surface area contributed by atoms with E-state index in [1.54, 1.807) is 24.1 Å². The molecule has 0 unspecified atom stereocenters. The van der Waals surface area contributed by atoms with Crippen LogP contribution in [-0.4, -0.2) is 14.8 Å². The number of aromatic amines is 1. The van der Waals surface area contributed by atoms with Crippen molar-refractivity contribution >= 4 is 16.7 Å². The number of aryl methyl sites for hydroxylation is 2. The Hall–Kier alpha value is -2.30. The molecule has 0 aliphatic rings. The molecule has 3 N–H and O–H groups in total. The number of hydrogen-bond donors (Lipinski definition) is 2. The highest BCUT2D eigenvalue weighted by Crippen LogP contribution is 2.31. The van der Waals surface area contributed by atoms with Gasteiger partial charge < -0.3 is 10.7 Å². The summed E-state index contributed by atoms with van der Waals surface area (Å²) in [5, 5.41) is 4.94. The summed E-state index contributed by atoms with van der Waals surface area (Å²) in [5.74, 6) is 0.251. The molecule has 0 aliphatic heterocycles. The number of benzene rings is 1. The Labute approximate surface area is 103 Å². The molecule has 18 heavy (non-hydrogen) atoms. The zero-order valence-corrected chi connectivity index (χ0v) is 10.2. The van der Waals surface area contributed by atoms with Crippen molar-refractivity contribution < 1.29 is 4.39 Å². The molecule has 0 amide bonds. The summed E-state index contributed by atoms with van der Waals surface area (Å²) < 4.78 is 15.6. The van der Waals surface area contributed by atoms with Crippen LogP contribution in [0.15, 0.2) is 24.5 Å². The highest BCUT2D eigenvalue weighted by Gasteiger charge is 2.12. The molecule has 92 valence electrons. The van der Waals surface area contributed by atoms with Gasteiger partial charge in [-0.1, -0.05) is 0 Å². The molecule has 0 fully saturated rings. The van der Waals surface area contributed by atoms with Crippen molar-refractivity contribution in [1.82, 2.24) is 14.8 Å². The van der Waals surface area contributed by atoms with E-state index in [1.807, 2.05) is 13.0 Å². The average Bonchev–Trinajstić information content (AvgIpc) is 2.86. The van der Waals surface area contributed by atoms with Crippen molar-refractivity contribution in [3.05, 3.63) is 35.9 Å². The van der Waals surface area contributed by atoms with Gasteiger partial charge in [-0.25, -0.2) is 4.39 Å².